The molecule has 1 aliphatic rings. The molecular formula is C68H58N+. The zero-order valence-electron chi connectivity index (χ0n) is 40.2. The second-order valence-corrected chi connectivity index (χ2v) is 19.1. The second kappa shape index (κ2) is 18.3. The predicted molar refractivity (Wildman–Crippen MR) is 292 cm³/mol. The van der Waals surface area contributed by atoms with Gasteiger partial charge in [0, 0.05) is 25.0 Å². The van der Waals surface area contributed by atoms with Gasteiger partial charge in [-0.3, -0.25) is 0 Å². The van der Waals surface area contributed by atoms with E-state index >= 15 is 0 Å². The number of rotatable bonds is 11. The summed E-state index contributed by atoms with van der Waals surface area (Å²) in [6.07, 6.45) is 5.55. The summed E-state index contributed by atoms with van der Waals surface area (Å²) in [7, 11) is 0. The van der Waals surface area contributed by atoms with Gasteiger partial charge < -0.3 is 0 Å². The Balaban J connectivity index is 1.07. The number of hydrogen-bond acceptors (Lipinski definition) is 0. The summed E-state index contributed by atoms with van der Waals surface area (Å²) in [6.45, 7) is 9.62. The van der Waals surface area contributed by atoms with Gasteiger partial charge in [0.2, 0.25) is 5.69 Å². The molecule has 0 bridgehead atoms. The van der Waals surface area contributed by atoms with Gasteiger partial charge in [0.05, 0.1) is 11.0 Å². The van der Waals surface area contributed by atoms with Crippen molar-refractivity contribution in [3.8, 4) is 100 Å². The van der Waals surface area contributed by atoms with Crippen LogP contribution < -0.4 is 4.57 Å². The smallest absolute Gasteiger partial charge is 0.192 e. The lowest BCUT2D eigenvalue weighted by atomic mass is 9.58. The summed E-state index contributed by atoms with van der Waals surface area (Å²) < 4.78 is 2.61. The van der Waals surface area contributed by atoms with E-state index in [9.17, 15) is 0 Å². The van der Waals surface area contributed by atoms with Crippen LogP contribution in [0.25, 0.3) is 100 Å². The summed E-state index contributed by atoms with van der Waals surface area (Å²) in [6, 6.07) is 87.6. The Labute approximate surface area is 409 Å². The first-order valence-electron chi connectivity index (χ1n) is 24.8. The van der Waals surface area contributed by atoms with Crippen LogP contribution in [-0.2, 0) is 11.0 Å². The lowest BCUT2D eigenvalue weighted by Crippen LogP contribution is -2.68. The van der Waals surface area contributed by atoms with Crippen molar-refractivity contribution in [3.63, 3.8) is 0 Å². The summed E-state index contributed by atoms with van der Waals surface area (Å²) in [5, 5.41) is 0. The molecule has 2 heterocycles. The van der Waals surface area contributed by atoms with Gasteiger partial charge >= 0.3 is 0 Å². The lowest BCUT2D eigenvalue weighted by molar-refractivity contribution is -0.769. The molecule has 0 amide bonds. The molecule has 0 aliphatic carbocycles. The minimum atomic E-state index is -0.0116. The van der Waals surface area contributed by atoms with Crippen LogP contribution in [0.5, 0.6) is 0 Å². The molecule has 0 fully saturated rings. The summed E-state index contributed by atoms with van der Waals surface area (Å²) in [5.74, 6) is 0. The number of pyridine rings is 1. The summed E-state index contributed by atoms with van der Waals surface area (Å²) in [5.41, 5.74) is 23.2. The first-order valence-corrected chi connectivity index (χ1v) is 24.8. The van der Waals surface area contributed by atoms with Crippen molar-refractivity contribution in [1.82, 2.24) is 0 Å². The number of aromatic nitrogens is 1. The number of nitrogens with zero attached hydrogens (tertiary/aromatic N) is 1. The molecule has 1 aliphatic heterocycles. The highest BCUT2D eigenvalue weighted by molar-refractivity contribution is 5.88. The van der Waals surface area contributed by atoms with Crippen LogP contribution >= 0.6 is 0 Å². The third-order valence-electron chi connectivity index (χ3n) is 15.6. The number of hydrogen-bond donors (Lipinski definition) is 0. The van der Waals surface area contributed by atoms with Gasteiger partial charge in [-0.1, -0.05) is 178 Å². The van der Waals surface area contributed by atoms with Crippen molar-refractivity contribution in [3.05, 3.63) is 248 Å². The van der Waals surface area contributed by atoms with E-state index < -0.39 is 0 Å². The highest BCUT2D eigenvalue weighted by atomic mass is 15.1. The largest absolute Gasteiger partial charge is 0.213 e. The fourth-order valence-electron chi connectivity index (χ4n) is 11.6. The van der Waals surface area contributed by atoms with Gasteiger partial charge in [-0.2, -0.15) is 4.57 Å². The molecule has 10 aromatic rings. The first-order chi connectivity index (χ1) is 33.9. The zero-order chi connectivity index (χ0) is 47.0. The van der Waals surface area contributed by atoms with E-state index in [4.69, 9.17) is 0 Å². The molecular weight excluding hydrogens is 831 g/mol. The van der Waals surface area contributed by atoms with Crippen molar-refractivity contribution in [2.45, 2.75) is 57.9 Å². The number of fused-ring (bicyclic) bond motifs is 3. The van der Waals surface area contributed by atoms with Crippen LogP contribution in [0.15, 0.2) is 243 Å². The molecule has 0 spiro atoms. The van der Waals surface area contributed by atoms with Gasteiger partial charge in [-0.15, -0.1) is 0 Å². The number of benzene rings is 9. The SMILES string of the molecule is CCC1(C)c2ccc(-c3cccc(-c4cc(-c5cccc(-c6cccc(-c7ccccc7)c6)c5)cc(-c5cc(-c6ccccc6)cc(-c6ccccc6)c5)c4)c3)cc2-c2cccc[n+]2C1(CC)CC. The molecule has 334 valence electrons. The Morgan fingerprint density at radius 3 is 1.03 bits per heavy atom. The van der Waals surface area contributed by atoms with Crippen molar-refractivity contribution in [1.29, 1.82) is 0 Å². The van der Waals surface area contributed by atoms with E-state index in [1.165, 1.54) is 106 Å². The molecule has 1 unspecified atom stereocenters. The van der Waals surface area contributed by atoms with Crippen LogP contribution in [0.4, 0.5) is 0 Å². The van der Waals surface area contributed by atoms with Crippen molar-refractivity contribution in [2.75, 3.05) is 0 Å². The quantitative estimate of drug-likeness (QED) is 0.114. The van der Waals surface area contributed by atoms with Gasteiger partial charge in [0.1, 0.15) is 0 Å². The maximum atomic E-state index is 2.61. The fraction of sp³-hybridized carbons (Fsp3) is 0.132. The van der Waals surface area contributed by atoms with Crippen LogP contribution in [-0.4, -0.2) is 0 Å². The van der Waals surface area contributed by atoms with Crippen molar-refractivity contribution < 1.29 is 4.57 Å². The van der Waals surface area contributed by atoms with E-state index in [0.717, 1.165) is 19.3 Å². The van der Waals surface area contributed by atoms with Crippen LogP contribution in [0.1, 0.15) is 52.5 Å². The third kappa shape index (κ3) is 7.92. The van der Waals surface area contributed by atoms with Crippen LogP contribution in [0.3, 0.4) is 0 Å². The average Bonchev–Trinajstić information content (AvgIpc) is 3.44. The molecule has 1 heteroatoms. The average molecular weight is 889 g/mol. The van der Waals surface area contributed by atoms with E-state index in [2.05, 4.69) is 275 Å². The highest BCUT2D eigenvalue weighted by Gasteiger charge is 2.58. The van der Waals surface area contributed by atoms with Crippen LogP contribution in [0.2, 0.25) is 0 Å². The first kappa shape index (κ1) is 43.7. The Morgan fingerprint density at radius 2 is 0.609 bits per heavy atom. The molecule has 69 heavy (non-hydrogen) atoms. The Morgan fingerprint density at radius 1 is 0.290 bits per heavy atom. The molecule has 0 saturated carbocycles. The van der Waals surface area contributed by atoms with Gasteiger partial charge in [-0.05, 0) is 175 Å². The summed E-state index contributed by atoms with van der Waals surface area (Å²) >= 11 is 0. The van der Waals surface area contributed by atoms with Gasteiger partial charge in [0.15, 0.2) is 11.7 Å². The standard InChI is InChI=1S/C68H58N/c1-5-67(4)65-36-35-57(47-64(65)66-34-17-18-37-69(66)68(67,6-2)7-3)54-31-21-33-56(40-54)61-44-60(55-32-20-30-53(39-55)52-29-19-28-51(38-52)48-22-11-8-12-23-48)45-63(46-61)62-42-58(49-24-13-9-14-25-49)41-59(43-62)50-26-15-10-16-27-50/h8-47H,5-7H2,1-4H3/q+1. The van der Waals surface area contributed by atoms with E-state index in [0.29, 0.717) is 0 Å². The molecule has 0 radical (unpaired) electrons. The maximum Gasteiger partial charge on any atom is 0.213 e. The fourth-order valence-corrected chi connectivity index (χ4v) is 11.6. The minimum Gasteiger partial charge on any atom is -0.192 e. The predicted octanol–water partition coefficient (Wildman–Crippen LogP) is 18.2. The molecule has 9 aromatic carbocycles. The van der Waals surface area contributed by atoms with Crippen molar-refractivity contribution in [2.24, 2.45) is 0 Å². The Kier molecular flexibility index (Phi) is 11.6. The molecule has 1 aromatic heterocycles. The third-order valence-corrected chi connectivity index (χ3v) is 15.6. The second-order valence-electron chi connectivity index (χ2n) is 19.1. The molecule has 1 atom stereocenters. The molecule has 0 N–H and O–H groups in total. The lowest BCUT2D eigenvalue weighted by Gasteiger charge is -2.47. The maximum absolute atomic E-state index is 2.61. The van der Waals surface area contributed by atoms with Crippen LogP contribution in [0, 0.1) is 0 Å². The van der Waals surface area contributed by atoms with E-state index in [1.54, 1.807) is 0 Å². The zero-order valence-corrected chi connectivity index (χ0v) is 40.2. The Hall–Kier alpha value is -7.87. The molecule has 1 nitrogen and oxygen atoms in total. The van der Waals surface area contributed by atoms with Crippen molar-refractivity contribution >= 4 is 0 Å². The van der Waals surface area contributed by atoms with Gasteiger partial charge in [-0.25, -0.2) is 0 Å². The molecule has 11 rings (SSSR count). The Bertz CT molecular complexity index is 3400. The summed E-state index contributed by atoms with van der Waals surface area (Å²) in [4.78, 5) is 0. The van der Waals surface area contributed by atoms with E-state index in [1.807, 2.05) is 0 Å². The monoisotopic (exact) mass is 888 g/mol. The highest BCUT2D eigenvalue weighted by Crippen LogP contribution is 2.52. The normalized spacial score (nSPS) is 14.7. The topological polar surface area (TPSA) is 3.88 Å². The molecule has 0 saturated heterocycles. The van der Waals surface area contributed by atoms with Gasteiger partial charge in [0.25, 0.3) is 0 Å². The minimum absolute atomic E-state index is 0.00366. The van der Waals surface area contributed by atoms with E-state index in [-0.39, 0.29) is 11.0 Å².